The van der Waals surface area contributed by atoms with Crippen LogP contribution >= 0.6 is 23.2 Å². The molecule has 0 saturated heterocycles. The molecule has 0 radical (unpaired) electrons. The van der Waals surface area contributed by atoms with Crippen molar-refractivity contribution in [2.75, 3.05) is 11.4 Å². The summed E-state index contributed by atoms with van der Waals surface area (Å²) in [6.07, 6.45) is 0. The van der Waals surface area contributed by atoms with Crippen molar-refractivity contribution in [3.8, 4) is 0 Å². The summed E-state index contributed by atoms with van der Waals surface area (Å²) in [7, 11) is 0. The van der Waals surface area contributed by atoms with Gasteiger partial charge in [-0.05, 0) is 17.7 Å². The topological polar surface area (TPSA) is 73.4 Å². The molecule has 7 heteroatoms. The van der Waals surface area contributed by atoms with E-state index < -0.39 is 11.9 Å². The lowest BCUT2D eigenvalue weighted by atomic mass is 10.0. The predicted octanol–water partition coefficient (Wildman–Crippen LogP) is 3.15. The molecule has 0 unspecified atom stereocenters. The minimum atomic E-state index is -0.958. The number of carboxylic acid groups (broad SMARTS) is 1. The van der Waals surface area contributed by atoms with Gasteiger partial charge in [-0.1, -0.05) is 41.4 Å². The molecule has 21 heavy (non-hydrogen) atoms. The van der Waals surface area contributed by atoms with Crippen LogP contribution in [0.1, 0.15) is 22.0 Å². The molecule has 1 aromatic heterocycles. The summed E-state index contributed by atoms with van der Waals surface area (Å²) in [4.78, 5) is 28.0. The quantitative estimate of drug-likeness (QED) is 0.891. The van der Waals surface area contributed by atoms with Crippen molar-refractivity contribution in [2.24, 2.45) is 0 Å². The number of H-pyrrole nitrogens is 1. The van der Waals surface area contributed by atoms with Crippen LogP contribution in [0.3, 0.4) is 0 Å². The standard InChI is InChI=1S/C14H10Cl2N2O3/c15-9-5-10(17-12(9)16)13(19)18-6-8(14(20)21)7-3-1-2-4-11(7)18/h1-5,8,17H,6H2,(H,20,21)/t8-/m0/s1. The van der Waals surface area contributed by atoms with Crippen molar-refractivity contribution in [3.63, 3.8) is 0 Å². The first kappa shape index (κ1) is 14.0. The third-order valence-corrected chi connectivity index (χ3v) is 4.16. The Bertz CT molecular complexity index is 722. The van der Waals surface area contributed by atoms with Crippen LogP contribution in [0.25, 0.3) is 0 Å². The van der Waals surface area contributed by atoms with Gasteiger partial charge in [-0.2, -0.15) is 0 Å². The summed E-state index contributed by atoms with van der Waals surface area (Å²) in [5, 5.41) is 9.73. The summed E-state index contributed by atoms with van der Waals surface area (Å²) >= 11 is 11.6. The minimum Gasteiger partial charge on any atom is -0.481 e. The first-order chi connectivity index (χ1) is 9.99. The number of rotatable bonds is 2. The zero-order valence-corrected chi connectivity index (χ0v) is 12.1. The van der Waals surface area contributed by atoms with E-state index in [2.05, 4.69) is 4.98 Å². The highest BCUT2D eigenvalue weighted by atomic mass is 35.5. The Hall–Kier alpha value is -1.98. The first-order valence-corrected chi connectivity index (χ1v) is 6.92. The van der Waals surface area contributed by atoms with Crippen LogP contribution in [-0.4, -0.2) is 28.5 Å². The van der Waals surface area contributed by atoms with Crippen molar-refractivity contribution >= 4 is 40.8 Å². The molecule has 108 valence electrons. The number of benzene rings is 1. The summed E-state index contributed by atoms with van der Waals surface area (Å²) in [6, 6.07) is 8.39. The smallest absolute Gasteiger partial charge is 0.312 e. The fourth-order valence-electron chi connectivity index (χ4n) is 2.48. The summed E-state index contributed by atoms with van der Waals surface area (Å²) in [5.74, 6) is -2.05. The van der Waals surface area contributed by atoms with Gasteiger partial charge < -0.3 is 15.0 Å². The Kier molecular flexibility index (Phi) is 3.39. The average Bonchev–Trinajstić information content (AvgIpc) is 3.00. The molecule has 1 aliphatic rings. The number of anilines is 1. The van der Waals surface area contributed by atoms with Crippen molar-refractivity contribution in [3.05, 3.63) is 51.8 Å². The Morgan fingerprint density at radius 3 is 2.62 bits per heavy atom. The van der Waals surface area contributed by atoms with E-state index in [9.17, 15) is 14.7 Å². The number of aromatic amines is 1. The maximum Gasteiger partial charge on any atom is 0.312 e. The lowest BCUT2D eigenvalue weighted by Crippen LogP contribution is -2.31. The van der Waals surface area contributed by atoms with Gasteiger partial charge in [0.1, 0.15) is 16.8 Å². The fourth-order valence-corrected chi connectivity index (χ4v) is 2.79. The number of para-hydroxylation sites is 1. The van der Waals surface area contributed by atoms with Crippen molar-refractivity contribution in [2.45, 2.75) is 5.92 Å². The van der Waals surface area contributed by atoms with Gasteiger partial charge in [0.2, 0.25) is 0 Å². The second kappa shape index (κ2) is 5.09. The van der Waals surface area contributed by atoms with Gasteiger partial charge in [0.15, 0.2) is 0 Å². The number of carbonyl (C=O) groups excluding carboxylic acids is 1. The molecule has 1 atom stereocenters. The van der Waals surface area contributed by atoms with Gasteiger partial charge in [0, 0.05) is 12.2 Å². The monoisotopic (exact) mass is 324 g/mol. The van der Waals surface area contributed by atoms with Crippen LogP contribution < -0.4 is 4.90 Å². The number of hydrogen-bond donors (Lipinski definition) is 2. The normalized spacial score (nSPS) is 16.9. The second-order valence-corrected chi connectivity index (χ2v) is 5.50. The number of aromatic nitrogens is 1. The maximum atomic E-state index is 12.5. The molecular weight excluding hydrogens is 315 g/mol. The van der Waals surface area contributed by atoms with E-state index in [4.69, 9.17) is 23.2 Å². The molecule has 2 heterocycles. The number of nitrogens with zero attached hydrogens (tertiary/aromatic N) is 1. The second-order valence-electron chi connectivity index (χ2n) is 4.71. The van der Waals surface area contributed by atoms with Crippen molar-refractivity contribution in [1.82, 2.24) is 4.98 Å². The number of nitrogens with one attached hydrogen (secondary N) is 1. The fraction of sp³-hybridized carbons (Fsp3) is 0.143. The van der Waals surface area contributed by atoms with Crippen molar-refractivity contribution in [1.29, 1.82) is 0 Å². The van der Waals surface area contributed by atoms with Gasteiger partial charge in [-0.25, -0.2) is 0 Å². The molecule has 5 nitrogen and oxygen atoms in total. The van der Waals surface area contributed by atoms with Crippen LogP contribution in [0.4, 0.5) is 5.69 Å². The third-order valence-electron chi connectivity index (χ3n) is 3.47. The van der Waals surface area contributed by atoms with Crippen LogP contribution in [0.5, 0.6) is 0 Å². The summed E-state index contributed by atoms with van der Waals surface area (Å²) in [6.45, 7) is 0.0851. The number of halogens is 2. The van der Waals surface area contributed by atoms with E-state index in [1.807, 2.05) is 0 Å². The van der Waals surface area contributed by atoms with Crippen LogP contribution in [0, 0.1) is 0 Å². The van der Waals surface area contributed by atoms with E-state index in [1.54, 1.807) is 24.3 Å². The highest BCUT2D eigenvalue weighted by Gasteiger charge is 2.37. The molecule has 0 bridgehead atoms. The molecule has 0 saturated carbocycles. The Labute approximate surface area is 130 Å². The largest absolute Gasteiger partial charge is 0.481 e. The van der Waals surface area contributed by atoms with E-state index in [1.165, 1.54) is 11.0 Å². The number of amides is 1. The highest BCUT2D eigenvalue weighted by Crippen LogP contribution is 2.37. The number of hydrogen-bond acceptors (Lipinski definition) is 2. The summed E-state index contributed by atoms with van der Waals surface area (Å²) < 4.78 is 0. The lowest BCUT2D eigenvalue weighted by Gasteiger charge is -2.16. The number of carboxylic acids is 1. The van der Waals surface area contributed by atoms with E-state index in [0.29, 0.717) is 11.3 Å². The van der Waals surface area contributed by atoms with Gasteiger partial charge >= 0.3 is 5.97 Å². The van der Waals surface area contributed by atoms with Crippen LogP contribution in [-0.2, 0) is 4.79 Å². The van der Waals surface area contributed by atoms with Gasteiger partial charge in [0.25, 0.3) is 5.91 Å². The Morgan fingerprint density at radius 1 is 1.29 bits per heavy atom. The molecule has 1 amide bonds. The zero-order valence-electron chi connectivity index (χ0n) is 10.6. The Morgan fingerprint density at radius 2 is 2.00 bits per heavy atom. The SMILES string of the molecule is O=C(O)[C@H]1CN(C(=O)c2cc(Cl)c(Cl)[nH]2)c2ccccc21. The molecular formula is C14H10Cl2N2O3. The van der Waals surface area contributed by atoms with E-state index >= 15 is 0 Å². The molecule has 0 spiro atoms. The third kappa shape index (κ3) is 2.28. The first-order valence-electron chi connectivity index (χ1n) is 6.16. The number of carbonyl (C=O) groups is 2. The minimum absolute atomic E-state index is 0.0851. The van der Waals surface area contributed by atoms with E-state index in [-0.39, 0.29) is 28.3 Å². The van der Waals surface area contributed by atoms with E-state index in [0.717, 1.165) is 0 Å². The number of fused-ring (bicyclic) bond motifs is 1. The lowest BCUT2D eigenvalue weighted by molar-refractivity contribution is -0.138. The van der Waals surface area contributed by atoms with Gasteiger partial charge in [0.05, 0.1) is 5.02 Å². The van der Waals surface area contributed by atoms with Gasteiger partial charge in [-0.3, -0.25) is 9.59 Å². The average molecular weight is 325 g/mol. The molecule has 0 fully saturated rings. The predicted molar refractivity (Wildman–Crippen MR) is 79.3 cm³/mol. The molecule has 1 aromatic carbocycles. The molecule has 0 aliphatic carbocycles. The maximum absolute atomic E-state index is 12.5. The highest BCUT2D eigenvalue weighted by molar-refractivity contribution is 6.41. The number of aliphatic carboxylic acids is 1. The van der Waals surface area contributed by atoms with Crippen LogP contribution in [0.2, 0.25) is 10.2 Å². The van der Waals surface area contributed by atoms with Crippen LogP contribution in [0.15, 0.2) is 30.3 Å². The van der Waals surface area contributed by atoms with Gasteiger partial charge in [-0.15, -0.1) is 0 Å². The molecule has 2 aromatic rings. The molecule has 2 N–H and O–H groups in total. The van der Waals surface area contributed by atoms with Crippen molar-refractivity contribution < 1.29 is 14.7 Å². The molecule has 1 aliphatic heterocycles. The molecule has 3 rings (SSSR count). The Balaban J connectivity index is 2.00. The summed E-state index contributed by atoms with van der Waals surface area (Å²) in [5.41, 5.74) is 1.45. The zero-order chi connectivity index (χ0) is 15.1.